The van der Waals surface area contributed by atoms with E-state index in [-0.39, 0.29) is 24.5 Å². The number of benzene rings is 2. The van der Waals surface area contributed by atoms with Crippen LogP contribution in [0.5, 0.6) is 11.5 Å². The molecule has 4 rings (SSSR count). The van der Waals surface area contributed by atoms with E-state index in [0.717, 1.165) is 18.6 Å². The quantitative estimate of drug-likeness (QED) is 0.595. The lowest BCUT2D eigenvalue weighted by Crippen LogP contribution is -2.49. The molecule has 1 unspecified atom stereocenters. The molecule has 1 fully saturated rings. The number of carbonyl (C=O) groups excluding carboxylic acids is 1. The van der Waals surface area contributed by atoms with Crippen LogP contribution < -0.4 is 9.47 Å². The van der Waals surface area contributed by atoms with Gasteiger partial charge in [0.1, 0.15) is 11.5 Å². The smallest absolute Gasteiger partial charge is 0.264 e. The van der Waals surface area contributed by atoms with Crippen LogP contribution in [-0.2, 0) is 16.8 Å². The number of para-hydroxylation sites is 2. The zero-order valence-electron chi connectivity index (χ0n) is 17.0. The Morgan fingerprint density at radius 3 is 2.43 bits per heavy atom. The normalized spacial score (nSPS) is 18.8. The first-order chi connectivity index (χ1) is 14.6. The Bertz CT molecular complexity index is 961. The molecule has 0 bridgehead atoms. The molecule has 30 heavy (non-hydrogen) atoms. The van der Waals surface area contributed by atoms with Crippen LogP contribution in [0.3, 0.4) is 0 Å². The van der Waals surface area contributed by atoms with Gasteiger partial charge < -0.3 is 18.9 Å². The van der Waals surface area contributed by atoms with E-state index in [4.69, 9.17) is 14.0 Å². The van der Waals surface area contributed by atoms with Crippen molar-refractivity contribution in [2.75, 3.05) is 19.7 Å². The molecule has 156 valence electrons. The summed E-state index contributed by atoms with van der Waals surface area (Å²) in [5.41, 5.74) is -0.366. The molecule has 0 saturated carbocycles. The summed E-state index contributed by atoms with van der Waals surface area (Å²) in [5, 5.41) is 4.18. The largest absolute Gasteiger partial charge is 0.484 e. The van der Waals surface area contributed by atoms with Gasteiger partial charge in [-0.3, -0.25) is 4.79 Å². The van der Waals surface area contributed by atoms with E-state index in [1.165, 1.54) is 0 Å². The van der Waals surface area contributed by atoms with E-state index < -0.39 is 0 Å². The van der Waals surface area contributed by atoms with E-state index in [1.54, 1.807) is 0 Å². The van der Waals surface area contributed by atoms with Crippen molar-refractivity contribution in [1.82, 2.24) is 15.0 Å². The van der Waals surface area contributed by atoms with Crippen LogP contribution in [0.15, 0.2) is 65.2 Å². The van der Waals surface area contributed by atoms with E-state index >= 15 is 0 Å². The Morgan fingerprint density at radius 2 is 1.73 bits per heavy atom. The van der Waals surface area contributed by atoms with Crippen molar-refractivity contribution in [3.63, 3.8) is 0 Å². The molecule has 2 aromatic carbocycles. The Hall–Kier alpha value is -3.35. The molecule has 0 aliphatic carbocycles. The van der Waals surface area contributed by atoms with Gasteiger partial charge in [-0.05, 0) is 37.1 Å². The van der Waals surface area contributed by atoms with Crippen LogP contribution in [-0.4, -0.2) is 40.6 Å². The third-order valence-corrected chi connectivity index (χ3v) is 5.27. The van der Waals surface area contributed by atoms with Gasteiger partial charge >= 0.3 is 0 Å². The molecule has 7 nitrogen and oxygen atoms in total. The molecule has 1 atom stereocenters. The molecule has 3 aromatic rings. The maximum absolute atomic E-state index is 12.7. The van der Waals surface area contributed by atoms with Crippen LogP contribution in [0.25, 0.3) is 0 Å². The third-order valence-electron chi connectivity index (χ3n) is 5.27. The fraction of sp³-hybridized carbons (Fsp3) is 0.348. The Morgan fingerprint density at radius 1 is 1.07 bits per heavy atom. The van der Waals surface area contributed by atoms with Crippen molar-refractivity contribution in [2.45, 2.75) is 31.8 Å². The predicted molar refractivity (Wildman–Crippen MR) is 110 cm³/mol. The van der Waals surface area contributed by atoms with Gasteiger partial charge in [-0.15, -0.1) is 0 Å². The first kappa shape index (κ1) is 19.9. The molecule has 1 aliphatic heterocycles. The van der Waals surface area contributed by atoms with E-state index in [9.17, 15) is 4.79 Å². The van der Waals surface area contributed by atoms with Crippen molar-refractivity contribution < 1.29 is 18.8 Å². The summed E-state index contributed by atoms with van der Waals surface area (Å²) >= 11 is 0. The minimum atomic E-state index is -0.366. The van der Waals surface area contributed by atoms with Crippen molar-refractivity contribution in [3.05, 3.63) is 72.4 Å². The van der Waals surface area contributed by atoms with Gasteiger partial charge in [0.15, 0.2) is 19.0 Å². The molecule has 1 aliphatic rings. The first-order valence-corrected chi connectivity index (χ1v) is 10.1. The zero-order chi connectivity index (χ0) is 20.8. The standard InChI is InChI=1S/C23H25N3O4/c1-23(22-24-20(30-25-22)15-28-18-9-4-2-5-10-18)13-8-14-26(17-23)21(27)16-29-19-11-6-3-7-12-19/h2-7,9-12H,8,13-17H2,1H3. The minimum absolute atomic E-state index is 0.0164. The molecule has 0 radical (unpaired) electrons. The maximum Gasteiger partial charge on any atom is 0.264 e. The second kappa shape index (κ2) is 8.98. The second-order valence-corrected chi connectivity index (χ2v) is 7.69. The highest BCUT2D eigenvalue weighted by atomic mass is 16.5. The average Bonchev–Trinajstić information content (AvgIpc) is 3.28. The first-order valence-electron chi connectivity index (χ1n) is 10.1. The highest BCUT2D eigenvalue weighted by molar-refractivity contribution is 5.78. The number of amides is 1. The minimum Gasteiger partial charge on any atom is -0.484 e. The molecule has 7 heteroatoms. The highest BCUT2D eigenvalue weighted by Crippen LogP contribution is 2.32. The maximum atomic E-state index is 12.7. The predicted octanol–water partition coefficient (Wildman–Crippen LogP) is 3.61. The summed E-state index contributed by atoms with van der Waals surface area (Å²) in [6.07, 6.45) is 1.76. The fourth-order valence-electron chi connectivity index (χ4n) is 3.61. The number of nitrogens with zero attached hydrogens (tertiary/aromatic N) is 3. The number of aromatic nitrogens is 2. The lowest BCUT2D eigenvalue weighted by molar-refractivity contribution is -0.135. The third kappa shape index (κ3) is 4.79. The van der Waals surface area contributed by atoms with Crippen LogP contribution in [0.2, 0.25) is 0 Å². The Kier molecular flexibility index (Phi) is 5.97. The number of hydrogen-bond acceptors (Lipinski definition) is 6. The lowest BCUT2D eigenvalue weighted by Gasteiger charge is -2.38. The molecule has 0 N–H and O–H groups in total. The van der Waals surface area contributed by atoms with Gasteiger partial charge in [0.25, 0.3) is 11.8 Å². The van der Waals surface area contributed by atoms with E-state index in [0.29, 0.717) is 30.6 Å². The van der Waals surface area contributed by atoms with Crippen LogP contribution in [0, 0.1) is 0 Å². The lowest BCUT2D eigenvalue weighted by atomic mass is 9.81. The molecule has 1 amide bonds. The number of likely N-dealkylation sites (tertiary alicyclic amines) is 1. The number of rotatable bonds is 7. The monoisotopic (exact) mass is 407 g/mol. The Balaban J connectivity index is 1.35. The molecule has 1 aromatic heterocycles. The van der Waals surface area contributed by atoms with Gasteiger partial charge in [-0.25, -0.2) is 0 Å². The van der Waals surface area contributed by atoms with Crippen molar-refractivity contribution in [1.29, 1.82) is 0 Å². The number of ether oxygens (including phenoxy) is 2. The van der Waals surface area contributed by atoms with Gasteiger partial charge in [0, 0.05) is 18.5 Å². The van der Waals surface area contributed by atoms with Crippen LogP contribution >= 0.6 is 0 Å². The summed E-state index contributed by atoms with van der Waals surface area (Å²) in [4.78, 5) is 19.0. The van der Waals surface area contributed by atoms with Crippen LogP contribution in [0.1, 0.15) is 31.5 Å². The second-order valence-electron chi connectivity index (χ2n) is 7.69. The van der Waals surface area contributed by atoms with E-state index in [2.05, 4.69) is 17.1 Å². The van der Waals surface area contributed by atoms with Gasteiger partial charge in [0.2, 0.25) is 0 Å². The van der Waals surface area contributed by atoms with Crippen molar-refractivity contribution in [3.8, 4) is 11.5 Å². The molecular weight excluding hydrogens is 382 g/mol. The van der Waals surface area contributed by atoms with Gasteiger partial charge in [0.05, 0.1) is 0 Å². The number of piperidine rings is 1. The summed E-state index contributed by atoms with van der Waals surface area (Å²) in [7, 11) is 0. The zero-order valence-corrected chi connectivity index (χ0v) is 17.0. The molecule has 0 spiro atoms. The Labute approximate surface area is 175 Å². The molecule has 1 saturated heterocycles. The summed E-state index contributed by atoms with van der Waals surface area (Å²) in [6.45, 7) is 3.53. The highest BCUT2D eigenvalue weighted by Gasteiger charge is 2.38. The van der Waals surface area contributed by atoms with Crippen molar-refractivity contribution in [2.24, 2.45) is 0 Å². The summed E-state index contributed by atoms with van der Waals surface area (Å²) in [6, 6.07) is 18.9. The molecule has 2 heterocycles. The average molecular weight is 407 g/mol. The molecular formula is C23H25N3O4. The summed E-state index contributed by atoms with van der Waals surface area (Å²) < 4.78 is 16.7. The van der Waals surface area contributed by atoms with Gasteiger partial charge in [-0.1, -0.05) is 48.5 Å². The van der Waals surface area contributed by atoms with E-state index in [1.807, 2.05) is 65.6 Å². The van der Waals surface area contributed by atoms with Gasteiger partial charge in [-0.2, -0.15) is 4.98 Å². The van der Waals surface area contributed by atoms with Crippen molar-refractivity contribution >= 4 is 5.91 Å². The number of hydrogen-bond donors (Lipinski definition) is 0. The van der Waals surface area contributed by atoms with Crippen LogP contribution in [0.4, 0.5) is 0 Å². The number of carbonyl (C=O) groups is 1. The summed E-state index contributed by atoms with van der Waals surface area (Å²) in [5.74, 6) is 2.42. The fourth-order valence-corrected chi connectivity index (χ4v) is 3.61. The SMILES string of the molecule is CC1(c2noc(COc3ccccc3)n2)CCCN(C(=O)COc2ccccc2)C1. The topological polar surface area (TPSA) is 77.7 Å².